The quantitative estimate of drug-likeness (QED) is 0.752. The summed E-state index contributed by atoms with van der Waals surface area (Å²) in [6, 6.07) is 3.69. The molecule has 0 unspecified atom stereocenters. The van der Waals surface area contributed by atoms with Crippen molar-refractivity contribution in [2.24, 2.45) is 5.92 Å². The Morgan fingerprint density at radius 1 is 1.29 bits per heavy atom. The van der Waals surface area contributed by atoms with E-state index < -0.39 is 0 Å². The summed E-state index contributed by atoms with van der Waals surface area (Å²) in [7, 11) is 0. The van der Waals surface area contributed by atoms with Crippen LogP contribution in [0.2, 0.25) is 0 Å². The number of nitrogens with one attached hydrogen (secondary N) is 1. The first kappa shape index (κ1) is 17.5. The molecule has 0 radical (unpaired) electrons. The van der Waals surface area contributed by atoms with Gasteiger partial charge in [-0.25, -0.2) is 4.98 Å². The third-order valence-corrected chi connectivity index (χ3v) is 3.88. The Morgan fingerprint density at radius 2 is 2.00 bits per heavy atom. The highest BCUT2D eigenvalue weighted by Gasteiger charge is 2.20. The number of nitrogens with zero attached hydrogens (tertiary/aromatic N) is 2. The van der Waals surface area contributed by atoms with Crippen LogP contribution < -0.4 is 5.32 Å². The van der Waals surface area contributed by atoms with Crippen LogP contribution in [0, 0.1) is 5.92 Å². The lowest BCUT2D eigenvalue weighted by atomic mass is 10.0. The molecule has 0 aliphatic rings. The zero-order chi connectivity index (χ0) is 15.7. The highest BCUT2D eigenvalue weighted by atomic mass is 16.2. The Morgan fingerprint density at radius 3 is 2.57 bits per heavy atom. The number of amides is 1. The first-order valence-electron chi connectivity index (χ1n) is 8.15. The Balaban J connectivity index is 2.89. The van der Waals surface area contributed by atoms with Crippen molar-refractivity contribution >= 4 is 11.7 Å². The van der Waals surface area contributed by atoms with Gasteiger partial charge in [-0.2, -0.15) is 0 Å². The molecular weight excluding hydrogens is 262 g/mol. The SMILES string of the molecule is CCCNc1ncccc1C(=O)N(CC)CC(CC)CC. The van der Waals surface area contributed by atoms with E-state index in [0.717, 1.165) is 38.9 Å². The summed E-state index contributed by atoms with van der Waals surface area (Å²) in [6.45, 7) is 10.9. The fraction of sp³-hybridized carbons (Fsp3) is 0.647. The zero-order valence-corrected chi connectivity index (χ0v) is 13.9. The van der Waals surface area contributed by atoms with Crippen LogP contribution in [0.1, 0.15) is 57.3 Å². The topological polar surface area (TPSA) is 45.2 Å². The lowest BCUT2D eigenvalue weighted by molar-refractivity contribution is 0.0735. The zero-order valence-electron chi connectivity index (χ0n) is 13.9. The van der Waals surface area contributed by atoms with E-state index in [0.29, 0.717) is 17.3 Å². The van der Waals surface area contributed by atoms with E-state index in [1.54, 1.807) is 6.20 Å². The fourth-order valence-corrected chi connectivity index (χ4v) is 2.35. The normalized spacial score (nSPS) is 10.7. The van der Waals surface area contributed by atoms with Crippen LogP contribution in [-0.4, -0.2) is 35.4 Å². The van der Waals surface area contributed by atoms with Crippen LogP contribution in [0.5, 0.6) is 0 Å². The van der Waals surface area contributed by atoms with E-state index in [1.165, 1.54) is 0 Å². The number of hydrogen-bond donors (Lipinski definition) is 1. The van der Waals surface area contributed by atoms with Crippen LogP contribution in [0.25, 0.3) is 0 Å². The maximum Gasteiger partial charge on any atom is 0.257 e. The maximum absolute atomic E-state index is 12.8. The lowest BCUT2D eigenvalue weighted by Crippen LogP contribution is -2.35. The molecule has 1 heterocycles. The molecule has 0 fully saturated rings. The standard InChI is InChI=1S/C17H29N3O/c1-5-11-18-16-15(10-9-12-19-16)17(21)20(8-4)13-14(6-2)7-3/h9-10,12,14H,5-8,11,13H2,1-4H3,(H,18,19). The summed E-state index contributed by atoms with van der Waals surface area (Å²) < 4.78 is 0. The van der Waals surface area contributed by atoms with Gasteiger partial charge in [0, 0.05) is 25.8 Å². The smallest absolute Gasteiger partial charge is 0.257 e. The van der Waals surface area contributed by atoms with Crippen molar-refractivity contribution in [3.8, 4) is 0 Å². The molecule has 4 heteroatoms. The van der Waals surface area contributed by atoms with Crippen LogP contribution in [0.4, 0.5) is 5.82 Å². The summed E-state index contributed by atoms with van der Waals surface area (Å²) in [5, 5.41) is 3.25. The summed E-state index contributed by atoms with van der Waals surface area (Å²) in [4.78, 5) is 19.0. The highest BCUT2D eigenvalue weighted by Crippen LogP contribution is 2.17. The van der Waals surface area contributed by atoms with E-state index in [-0.39, 0.29) is 5.91 Å². The van der Waals surface area contributed by atoms with Gasteiger partial charge in [-0.1, -0.05) is 33.6 Å². The minimum atomic E-state index is 0.0797. The predicted octanol–water partition coefficient (Wildman–Crippen LogP) is 3.80. The average molecular weight is 291 g/mol. The number of carbonyl (C=O) groups is 1. The third-order valence-electron chi connectivity index (χ3n) is 3.88. The Labute approximate surface area is 129 Å². The molecule has 1 amide bonds. The van der Waals surface area contributed by atoms with Gasteiger partial charge in [0.25, 0.3) is 5.91 Å². The minimum absolute atomic E-state index is 0.0797. The Kier molecular flexibility index (Phi) is 7.80. The molecule has 1 N–H and O–H groups in total. The summed E-state index contributed by atoms with van der Waals surface area (Å²) in [6.07, 6.45) is 4.95. The van der Waals surface area contributed by atoms with Crippen LogP contribution >= 0.6 is 0 Å². The molecule has 4 nitrogen and oxygen atoms in total. The Bertz CT molecular complexity index is 430. The molecule has 1 rings (SSSR count). The number of carbonyl (C=O) groups excluding carboxylic acids is 1. The maximum atomic E-state index is 12.8. The van der Waals surface area contributed by atoms with Crippen molar-refractivity contribution in [3.63, 3.8) is 0 Å². The predicted molar refractivity (Wildman–Crippen MR) is 88.7 cm³/mol. The largest absolute Gasteiger partial charge is 0.369 e. The first-order chi connectivity index (χ1) is 10.2. The van der Waals surface area contributed by atoms with Crippen molar-refractivity contribution in [2.75, 3.05) is 25.0 Å². The van der Waals surface area contributed by atoms with Crippen molar-refractivity contribution in [2.45, 2.75) is 47.0 Å². The van der Waals surface area contributed by atoms with Crippen molar-refractivity contribution < 1.29 is 4.79 Å². The molecule has 0 aromatic carbocycles. The average Bonchev–Trinajstić information content (AvgIpc) is 2.54. The molecule has 21 heavy (non-hydrogen) atoms. The summed E-state index contributed by atoms with van der Waals surface area (Å²) in [5.41, 5.74) is 0.679. The molecule has 0 aliphatic heterocycles. The van der Waals surface area contributed by atoms with Gasteiger partial charge in [0.2, 0.25) is 0 Å². The number of pyridine rings is 1. The molecule has 0 aliphatic carbocycles. The van der Waals surface area contributed by atoms with Gasteiger partial charge < -0.3 is 10.2 Å². The Hall–Kier alpha value is -1.58. The number of anilines is 1. The molecule has 0 saturated carbocycles. The van der Waals surface area contributed by atoms with Gasteiger partial charge in [0.05, 0.1) is 5.56 Å². The van der Waals surface area contributed by atoms with Crippen LogP contribution in [0.15, 0.2) is 18.3 Å². The fourth-order valence-electron chi connectivity index (χ4n) is 2.35. The molecule has 0 bridgehead atoms. The van der Waals surface area contributed by atoms with E-state index >= 15 is 0 Å². The molecule has 1 aromatic rings. The van der Waals surface area contributed by atoms with Gasteiger partial charge in [0.1, 0.15) is 5.82 Å². The number of aromatic nitrogens is 1. The third kappa shape index (κ3) is 5.03. The number of hydrogen-bond acceptors (Lipinski definition) is 3. The molecule has 0 atom stereocenters. The van der Waals surface area contributed by atoms with Gasteiger partial charge >= 0.3 is 0 Å². The van der Waals surface area contributed by atoms with E-state index in [4.69, 9.17) is 0 Å². The molecule has 0 saturated heterocycles. The first-order valence-corrected chi connectivity index (χ1v) is 8.15. The summed E-state index contributed by atoms with van der Waals surface area (Å²) >= 11 is 0. The second kappa shape index (κ2) is 9.37. The lowest BCUT2D eigenvalue weighted by Gasteiger charge is -2.26. The van der Waals surface area contributed by atoms with Gasteiger partial charge in [-0.15, -0.1) is 0 Å². The van der Waals surface area contributed by atoms with Crippen LogP contribution in [-0.2, 0) is 0 Å². The van der Waals surface area contributed by atoms with E-state index in [9.17, 15) is 4.79 Å². The van der Waals surface area contributed by atoms with Crippen molar-refractivity contribution in [1.82, 2.24) is 9.88 Å². The summed E-state index contributed by atoms with van der Waals surface area (Å²) in [5.74, 6) is 1.35. The second-order valence-corrected chi connectivity index (χ2v) is 5.35. The molecule has 1 aromatic heterocycles. The van der Waals surface area contributed by atoms with Gasteiger partial charge in [-0.05, 0) is 31.4 Å². The molecule has 0 spiro atoms. The van der Waals surface area contributed by atoms with E-state index in [1.807, 2.05) is 24.0 Å². The van der Waals surface area contributed by atoms with Crippen molar-refractivity contribution in [3.05, 3.63) is 23.9 Å². The minimum Gasteiger partial charge on any atom is -0.369 e. The monoisotopic (exact) mass is 291 g/mol. The molecule has 118 valence electrons. The second-order valence-electron chi connectivity index (χ2n) is 5.35. The molecular formula is C17H29N3O. The van der Waals surface area contributed by atoms with Crippen molar-refractivity contribution in [1.29, 1.82) is 0 Å². The highest BCUT2D eigenvalue weighted by molar-refractivity contribution is 5.98. The number of rotatable bonds is 9. The van der Waals surface area contributed by atoms with Gasteiger partial charge in [0.15, 0.2) is 0 Å². The van der Waals surface area contributed by atoms with Gasteiger partial charge in [-0.3, -0.25) is 4.79 Å². The van der Waals surface area contributed by atoms with E-state index in [2.05, 4.69) is 31.1 Å². The van der Waals surface area contributed by atoms with Crippen LogP contribution in [0.3, 0.4) is 0 Å².